The van der Waals surface area contributed by atoms with Gasteiger partial charge in [-0.1, -0.05) is 35.0 Å². The SMILES string of the molecule is CCC(NC1CC1)(C(N)=O)c1ccc(Br)cc1. The number of carbonyl (C=O) groups is 1. The van der Waals surface area contributed by atoms with Crippen LogP contribution in [0.15, 0.2) is 28.7 Å². The zero-order chi connectivity index (χ0) is 12.5. The Morgan fingerprint density at radius 1 is 1.47 bits per heavy atom. The molecule has 1 atom stereocenters. The third kappa shape index (κ3) is 2.53. The molecular formula is C13H17BrN2O. The maximum absolute atomic E-state index is 11.8. The minimum Gasteiger partial charge on any atom is -0.368 e. The van der Waals surface area contributed by atoms with E-state index in [9.17, 15) is 4.79 Å². The topological polar surface area (TPSA) is 55.1 Å². The van der Waals surface area contributed by atoms with Gasteiger partial charge in [0.1, 0.15) is 5.54 Å². The molecule has 1 aliphatic carbocycles. The van der Waals surface area contributed by atoms with Crippen molar-refractivity contribution in [2.45, 2.75) is 37.8 Å². The number of benzene rings is 1. The molecule has 0 spiro atoms. The number of hydrogen-bond acceptors (Lipinski definition) is 2. The molecule has 1 aromatic carbocycles. The highest BCUT2D eigenvalue weighted by Gasteiger charge is 2.41. The highest BCUT2D eigenvalue weighted by atomic mass is 79.9. The van der Waals surface area contributed by atoms with Crippen LogP contribution in [-0.4, -0.2) is 11.9 Å². The van der Waals surface area contributed by atoms with Crippen LogP contribution in [0.4, 0.5) is 0 Å². The molecule has 0 aromatic heterocycles. The molecule has 3 nitrogen and oxygen atoms in total. The fourth-order valence-corrected chi connectivity index (χ4v) is 2.35. The van der Waals surface area contributed by atoms with Crippen molar-refractivity contribution in [3.05, 3.63) is 34.3 Å². The fraction of sp³-hybridized carbons (Fsp3) is 0.462. The summed E-state index contributed by atoms with van der Waals surface area (Å²) in [5.74, 6) is -0.297. The number of nitrogens with one attached hydrogen (secondary N) is 1. The van der Waals surface area contributed by atoms with Crippen molar-refractivity contribution in [2.24, 2.45) is 5.73 Å². The van der Waals surface area contributed by atoms with Crippen LogP contribution in [-0.2, 0) is 10.3 Å². The molecule has 0 bridgehead atoms. The number of amides is 1. The smallest absolute Gasteiger partial charge is 0.242 e. The Hall–Kier alpha value is -0.870. The first-order valence-corrected chi connectivity index (χ1v) is 6.71. The number of nitrogens with two attached hydrogens (primary N) is 1. The number of hydrogen-bond donors (Lipinski definition) is 2. The van der Waals surface area contributed by atoms with E-state index in [2.05, 4.69) is 21.2 Å². The second kappa shape index (κ2) is 4.78. The Morgan fingerprint density at radius 3 is 2.47 bits per heavy atom. The maximum atomic E-state index is 11.8. The summed E-state index contributed by atoms with van der Waals surface area (Å²) in [6.45, 7) is 1.99. The van der Waals surface area contributed by atoms with Crippen LogP contribution in [0.3, 0.4) is 0 Å². The van der Waals surface area contributed by atoms with Gasteiger partial charge in [0.2, 0.25) is 5.91 Å². The molecule has 17 heavy (non-hydrogen) atoms. The van der Waals surface area contributed by atoms with Gasteiger partial charge in [-0.3, -0.25) is 10.1 Å². The van der Waals surface area contributed by atoms with Gasteiger partial charge in [0.25, 0.3) is 0 Å². The van der Waals surface area contributed by atoms with Crippen molar-refractivity contribution in [3.63, 3.8) is 0 Å². The standard InChI is InChI=1S/C13H17BrN2O/c1-2-13(12(15)17,16-11-7-8-11)9-3-5-10(14)6-4-9/h3-6,11,16H,2,7-8H2,1H3,(H2,15,17). The first-order valence-electron chi connectivity index (χ1n) is 5.92. The van der Waals surface area contributed by atoms with E-state index in [1.165, 1.54) is 0 Å². The second-order valence-corrected chi connectivity index (χ2v) is 5.46. The van der Waals surface area contributed by atoms with Crippen molar-refractivity contribution in [3.8, 4) is 0 Å². The summed E-state index contributed by atoms with van der Waals surface area (Å²) in [6, 6.07) is 8.22. The summed E-state index contributed by atoms with van der Waals surface area (Å²) in [6.07, 6.45) is 2.93. The molecule has 1 fully saturated rings. The molecule has 2 rings (SSSR count). The molecule has 0 saturated heterocycles. The molecular weight excluding hydrogens is 280 g/mol. The molecule has 0 heterocycles. The molecule has 1 amide bonds. The van der Waals surface area contributed by atoms with Gasteiger partial charge in [0, 0.05) is 10.5 Å². The van der Waals surface area contributed by atoms with Gasteiger partial charge < -0.3 is 5.73 Å². The van der Waals surface area contributed by atoms with Crippen molar-refractivity contribution < 1.29 is 4.79 Å². The zero-order valence-electron chi connectivity index (χ0n) is 9.87. The largest absolute Gasteiger partial charge is 0.368 e. The summed E-state index contributed by atoms with van der Waals surface area (Å²) in [5.41, 5.74) is 5.84. The molecule has 1 aromatic rings. The van der Waals surface area contributed by atoms with E-state index in [0.717, 1.165) is 22.9 Å². The lowest BCUT2D eigenvalue weighted by Crippen LogP contribution is -2.53. The predicted molar refractivity (Wildman–Crippen MR) is 71.5 cm³/mol. The first-order chi connectivity index (χ1) is 8.08. The van der Waals surface area contributed by atoms with Crippen LogP contribution >= 0.6 is 15.9 Å². The van der Waals surface area contributed by atoms with E-state index >= 15 is 0 Å². The lowest BCUT2D eigenvalue weighted by Gasteiger charge is -2.31. The highest BCUT2D eigenvalue weighted by molar-refractivity contribution is 9.10. The first kappa shape index (κ1) is 12.6. The summed E-state index contributed by atoms with van der Waals surface area (Å²) >= 11 is 3.40. The Bertz CT molecular complexity index is 414. The van der Waals surface area contributed by atoms with Crippen molar-refractivity contribution in [1.82, 2.24) is 5.32 Å². The highest BCUT2D eigenvalue weighted by Crippen LogP contribution is 2.31. The summed E-state index contributed by atoms with van der Waals surface area (Å²) in [7, 11) is 0. The average Bonchev–Trinajstić information content (AvgIpc) is 3.10. The molecule has 1 aliphatic rings. The average molecular weight is 297 g/mol. The lowest BCUT2D eigenvalue weighted by atomic mass is 9.86. The minimum absolute atomic E-state index is 0.297. The lowest BCUT2D eigenvalue weighted by molar-refractivity contribution is -0.125. The number of rotatable bonds is 5. The number of carbonyl (C=O) groups excluding carboxylic acids is 1. The molecule has 92 valence electrons. The van der Waals surface area contributed by atoms with Crippen molar-refractivity contribution in [1.29, 1.82) is 0 Å². The van der Waals surface area contributed by atoms with Gasteiger partial charge in [0.05, 0.1) is 0 Å². The third-order valence-electron chi connectivity index (χ3n) is 3.32. The van der Waals surface area contributed by atoms with Gasteiger partial charge in [-0.05, 0) is 37.0 Å². The van der Waals surface area contributed by atoms with Gasteiger partial charge in [-0.15, -0.1) is 0 Å². The maximum Gasteiger partial charge on any atom is 0.242 e. The van der Waals surface area contributed by atoms with Gasteiger partial charge in [-0.25, -0.2) is 0 Å². The van der Waals surface area contributed by atoms with E-state index in [0.29, 0.717) is 12.5 Å². The summed E-state index contributed by atoms with van der Waals surface area (Å²) in [5, 5.41) is 3.40. The summed E-state index contributed by atoms with van der Waals surface area (Å²) < 4.78 is 1.00. The Kier molecular flexibility index (Phi) is 3.54. The number of halogens is 1. The quantitative estimate of drug-likeness (QED) is 0.876. The van der Waals surface area contributed by atoms with Crippen LogP contribution < -0.4 is 11.1 Å². The number of primary amides is 1. The minimum atomic E-state index is -0.720. The van der Waals surface area contributed by atoms with Crippen LogP contribution in [0.2, 0.25) is 0 Å². The fourth-order valence-electron chi connectivity index (χ4n) is 2.09. The van der Waals surface area contributed by atoms with Crippen LogP contribution in [0.5, 0.6) is 0 Å². The Morgan fingerprint density at radius 2 is 2.06 bits per heavy atom. The van der Waals surface area contributed by atoms with E-state index in [1.54, 1.807) is 0 Å². The van der Waals surface area contributed by atoms with Crippen molar-refractivity contribution >= 4 is 21.8 Å². The van der Waals surface area contributed by atoms with Gasteiger partial charge in [-0.2, -0.15) is 0 Å². The zero-order valence-corrected chi connectivity index (χ0v) is 11.5. The van der Waals surface area contributed by atoms with E-state index in [1.807, 2.05) is 31.2 Å². The third-order valence-corrected chi connectivity index (χ3v) is 3.84. The molecule has 3 N–H and O–H groups in total. The predicted octanol–water partition coefficient (Wildman–Crippen LogP) is 2.29. The van der Waals surface area contributed by atoms with E-state index < -0.39 is 5.54 Å². The van der Waals surface area contributed by atoms with Crippen LogP contribution in [0.1, 0.15) is 31.7 Å². The molecule has 1 saturated carbocycles. The van der Waals surface area contributed by atoms with E-state index in [4.69, 9.17) is 5.73 Å². The normalized spacial score (nSPS) is 18.7. The molecule has 4 heteroatoms. The summed E-state index contributed by atoms with van der Waals surface area (Å²) in [4.78, 5) is 11.8. The monoisotopic (exact) mass is 296 g/mol. The van der Waals surface area contributed by atoms with E-state index in [-0.39, 0.29) is 5.91 Å². The van der Waals surface area contributed by atoms with Gasteiger partial charge in [0.15, 0.2) is 0 Å². The van der Waals surface area contributed by atoms with Gasteiger partial charge >= 0.3 is 0 Å². The molecule has 0 aliphatic heterocycles. The van der Waals surface area contributed by atoms with Crippen LogP contribution in [0, 0.1) is 0 Å². The molecule has 1 unspecified atom stereocenters. The molecule has 0 radical (unpaired) electrons. The Balaban J connectivity index is 2.36. The van der Waals surface area contributed by atoms with Crippen LogP contribution in [0.25, 0.3) is 0 Å². The second-order valence-electron chi connectivity index (χ2n) is 4.55. The van der Waals surface area contributed by atoms with Crippen molar-refractivity contribution in [2.75, 3.05) is 0 Å². The Labute approximate surface area is 110 Å².